The highest BCUT2D eigenvalue weighted by Crippen LogP contribution is 2.18. The second-order valence-electron chi connectivity index (χ2n) is 3.32. The van der Waals surface area contributed by atoms with Gasteiger partial charge in [-0.15, -0.1) is 11.3 Å². The van der Waals surface area contributed by atoms with Crippen LogP contribution in [-0.4, -0.2) is 18.1 Å². The van der Waals surface area contributed by atoms with Crippen molar-refractivity contribution in [2.45, 2.75) is 0 Å². The van der Waals surface area contributed by atoms with Crippen molar-refractivity contribution in [3.05, 3.63) is 34.8 Å². The summed E-state index contributed by atoms with van der Waals surface area (Å²) in [5, 5.41) is 6.22. The topological polar surface area (TPSA) is 60.2 Å². The highest BCUT2D eigenvalue weighted by atomic mass is 35.5. The van der Waals surface area contributed by atoms with Gasteiger partial charge in [0.25, 0.3) is 0 Å². The first-order valence-electron chi connectivity index (χ1n) is 5.07. The molecule has 1 heterocycles. The summed E-state index contributed by atoms with van der Waals surface area (Å²) in [6, 6.07) is 7.30. The van der Waals surface area contributed by atoms with E-state index >= 15 is 0 Å². The van der Waals surface area contributed by atoms with Gasteiger partial charge in [0.1, 0.15) is 17.5 Å². The molecule has 0 spiro atoms. The van der Waals surface area contributed by atoms with Crippen molar-refractivity contribution in [2.24, 2.45) is 0 Å². The average molecular weight is 270 g/mol. The Bertz CT molecular complexity index is 472. The Morgan fingerprint density at radius 1 is 1.35 bits per heavy atom. The number of nitrogens with two attached hydrogens (primary N) is 1. The molecule has 0 aliphatic rings. The molecular weight excluding hydrogens is 258 g/mol. The van der Waals surface area contributed by atoms with Crippen LogP contribution in [0.3, 0.4) is 0 Å². The zero-order chi connectivity index (χ0) is 12.1. The molecule has 2 rings (SSSR count). The summed E-state index contributed by atoms with van der Waals surface area (Å²) in [5.74, 6) is 0.804. The summed E-state index contributed by atoms with van der Waals surface area (Å²) in [6.45, 7) is 1.23. The van der Waals surface area contributed by atoms with E-state index in [1.54, 1.807) is 5.38 Å². The van der Waals surface area contributed by atoms with Gasteiger partial charge in [0.2, 0.25) is 0 Å². The molecule has 0 aliphatic heterocycles. The van der Waals surface area contributed by atoms with E-state index < -0.39 is 0 Å². The van der Waals surface area contributed by atoms with Crippen LogP contribution in [-0.2, 0) is 0 Å². The Balaban J connectivity index is 1.71. The van der Waals surface area contributed by atoms with Crippen molar-refractivity contribution in [1.82, 2.24) is 4.98 Å². The average Bonchev–Trinajstić information content (AvgIpc) is 2.73. The number of ether oxygens (including phenoxy) is 1. The minimum absolute atomic E-state index is 0.511. The van der Waals surface area contributed by atoms with E-state index in [-0.39, 0.29) is 0 Å². The molecule has 90 valence electrons. The summed E-state index contributed by atoms with van der Waals surface area (Å²) in [4.78, 5) is 4.07. The molecule has 2 aromatic rings. The quantitative estimate of drug-likeness (QED) is 0.647. The third-order valence-electron chi connectivity index (χ3n) is 2.00. The monoisotopic (exact) mass is 269 g/mol. The maximum atomic E-state index is 5.70. The van der Waals surface area contributed by atoms with Crippen LogP contribution in [0.25, 0.3) is 0 Å². The number of hydrogen-bond acceptors (Lipinski definition) is 5. The lowest BCUT2D eigenvalue weighted by Crippen LogP contribution is -2.11. The van der Waals surface area contributed by atoms with Gasteiger partial charge in [-0.3, -0.25) is 0 Å². The van der Waals surface area contributed by atoms with Crippen LogP contribution in [0.15, 0.2) is 29.6 Å². The normalized spacial score (nSPS) is 10.2. The molecule has 3 N–H and O–H groups in total. The minimum atomic E-state index is 0.511. The number of hydrogen-bond donors (Lipinski definition) is 2. The molecular formula is C11H12ClN3OS. The highest BCUT2D eigenvalue weighted by molar-refractivity contribution is 7.14. The standard InChI is InChI=1S/C11H12ClN3OS/c12-10-7-17-11(15-10)14-5-6-16-9-3-1-8(13)2-4-9/h1-4,7H,5-6,13H2,(H,14,15). The summed E-state index contributed by atoms with van der Waals surface area (Å²) in [7, 11) is 0. The second-order valence-corrected chi connectivity index (χ2v) is 4.57. The molecule has 0 bridgehead atoms. The number of benzene rings is 1. The van der Waals surface area contributed by atoms with E-state index in [0.717, 1.165) is 16.6 Å². The zero-order valence-corrected chi connectivity index (χ0v) is 10.6. The number of aromatic nitrogens is 1. The molecule has 0 atom stereocenters. The van der Waals surface area contributed by atoms with Crippen molar-refractivity contribution in [2.75, 3.05) is 24.2 Å². The number of halogens is 1. The highest BCUT2D eigenvalue weighted by Gasteiger charge is 1.98. The summed E-state index contributed by atoms with van der Waals surface area (Å²) in [6.07, 6.45) is 0. The van der Waals surface area contributed by atoms with Crippen LogP contribution in [0, 0.1) is 0 Å². The molecule has 1 aromatic heterocycles. The van der Waals surface area contributed by atoms with Crippen LogP contribution in [0.2, 0.25) is 5.15 Å². The lowest BCUT2D eigenvalue weighted by Gasteiger charge is -2.06. The molecule has 4 nitrogen and oxygen atoms in total. The van der Waals surface area contributed by atoms with Gasteiger partial charge in [0.05, 0.1) is 6.54 Å². The molecule has 6 heteroatoms. The van der Waals surface area contributed by atoms with Crippen LogP contribution in [0.5, 0.6) is 5.75 Å². The zero-order valence-electron chi connectivity index (χ0n) is 9.02. The molecule has 0 aliphatic carbocycles. The fourth-order valence-electron chi connectivity index (χ4n) is 1.23. The summed E-state index contributed by atoms with van der Waals surface area (Å²) >= 11 is 7.17. The third-order valence-corrected chi connectivity index (χ3v) is 3.13. The maximum Gasteiger partial charge on any atom is 0.184 e. The van der Waals surface area contributed by atoms with E-state index in [4.69, 9.17) is 22.1 Å². The number of nitrogen functional groups attached to an aromatic ring is 1. The van der Waals surface area contributed by atoms with Crippen LogP contribution in [0.4, 0.5) is 10.8 Å². The fraction of sp³-hybridized carbons (Fsp3) is 0.182. The molecule has 0 radical (unpaired) electrons. The first kappa shape index (κ1) is 12.0. The first-order valence-corrected chi connectivity index (χ1v) is 6.33. The molecule has 0 fully saturated rings. The Kier molecular flexibility index (Phi) is 4.06. The predicted octanol–water partition coefficient (Wildman–Crippen LogP) is 2.87. The molecule has 17 heavy (non-hydrogen) atoms. The van der Waals surface area contributed by atoms with Gasteiger partial charge in [-0.2, -0.15) is 0 Å². The molecule has 1 aromatic carbocycles. The van der Waals surface area contributed by atoms with Gasteiger partial charge >= 0.3 is 0 Å². The number of nitrogens with zero attached hydrogens (tertiary/aromatic N) is 1. The fourth-order valence-corrected chi connectivity index (χ4v) is 2.09. The first-order chi connectivity index (χ1) is 8.24. The van der Waals surface area contributed by atoms with Crippen molar-refractivity contribution < 1.29 is 4.74 Å². The van der Waals surface area contributed by atoms with Crippen molar-refractivity contribution in [3.63, 3.8) is 0 Å². The van der Waals surface area contributed by atoms with E-state index in [9.17, 15) is 0 Å². The van der Waals surface area contributed by atoms with E-state index in [2.05, 4.69) is 10.3 Å². The van der Waals surface area contributed by atoms with E-state index in [1.807, 2.05) is 24.3 Å². The van der Waals surface area contributed by atoms with Crippen LogP contribution < -0.4 is 15.8 Å². The van der Waals surface area contributed by atoms with Crippen molar-refractivity contribution in [3.8, 4) is 5.75 Å². The van der Waals surface area contributed by atoms with Crippen LogP contribution >= 0.6 is 22.9 Å². The SMILES string of the molecule is Nc1ccc(OCCNc2nc(Cl)cs2)cc1. The number of anilines is 2. The smallest absolute Gasteiger partial charge is 0.184 e. The van der Waals surface area contributed by atoms with Gasteiger partial charge < -0.3 is 15.8 Å². The molecule has 0 saturated carbocycles. The maximum absolute atomic E-state index is 5.70. The molecule has 0 amide bonds. The number of thiazole rings is 1. The largest absolute Gasteiger partial charge is 0.492 e. The molecule has 0 unspecified atom stereocenters. The Morgan fingerprint density at radius 2 is 2.12 bits per heavy atom. The van der Waals surface area contributed by atoms with Gasteiger partial charge in [-0.1, -0.05) is 11.6 Å². The van der Waals surface area contributed by atoms with Crippen molar-refractivity contribution >= 4 is 33.8 Å². The number of rotatable bonds is 5. The summed E-state index contributed by atoms with van der Waals surface area (Å²) < 4.78 is 5.52. The Labute approximate surface area is 108 Å². The number of nitrogens with one attached hydrogen (secondary N) is 1. The third kappa shape index (κ3) is 3.80. The lowest BCUT2D eigenvalue weighted by molar-refractivity contribution is 0.333. The Hall–Kier alpha value is -1.46. The van der Waals surface area contributed by atoms with Gasteiger partial charge in [-0.25, -0.2) is 4.98 Å². The molecule has 0 saturated heterocycles. The predicted molar refractivity (Wildman–Crippen MR) is 72.0 cm³/mol. The lowest BCUT2D eigenvalue weighted by atomic mass is 10.3. The van der Waals surface area contributed by atoms with Gasteiger partial charge in [0.15, 0.2) is 5.13 Å². The van der Waals surface area contributed by atoms with E-state index in [1.165, 1.54) is 11.3 Å². The second kappa shape index (κ2) is 5.75. The van der Waals surface area contributed by atoms with Gasteiger partial charge in [0, 0.05) is 11.1 Å². The van der Waals surface area contributed by atoms with Gasteiger partial charge in [-0.05, 0) is 24.3 Å². The summed E-state index contributed by atoms with van der Waals surface area (Å²) in [5.41, 5.74) is 6.30. The van der Waals surface area contributed by atoms with Crippen molar-refractivity contribution in [1.29, 1.82) is 0 Å². The minimum Gasteiger partial charge on any atom is -0.492 e. The van der Waals surface area contributed by atoms with Crippen LogP contribution in [0.1, 0.15) is 0 Å². The Morgan fingerprint density at radius 3 is 2.76 bits per heavy atom. The van der Waals surface area contributed by atoms with E-state index in [0.29, 0.717) is 18.3 Å².